The third kappa shape index (κ3) is 3.84. The summed E-state index contributed by atoms with van der Waals surface area (Å²) in [6.45, 7) is 7.49. The van der Waals surface area contributed by atoms with Crippen molar-refractivity contribution in [1.82, 2.24) is 9.97 Å². The Morgan fingerprint density at radius 2 is 2.20 bits per heavy atom. The molecule has 0 saturated heterocycles. The van der Waals surface area contributed by atoms with Crippen LogP contribution < -0.4 is 15.8 Å². The molecule has 0 aliphatic carbocycles. The fourth-order valence-corrected chi connectivity index (χ4v) is 2.29. The fourth-order valence-electron chi connectivity index (χ4n) is 1.58. The molecule has 108 valence electrons. The Labute approximate surface area is 123 Å². The fraction of sp³-hybridized carbons (Fsp3) is 0.429. The highest BCUT2D eigenvalue weighted by atomic mass is 32.1. The van der Waals surface area contributed by atoms with Crippen LogP contribution in [0.1, 0.15) is 24.4 Å². The van der Waals surface area contributed by atoms with E-state index in [-0.39, 0.29) is 0 Å². The predicted molar refractivity (Wildman–Crippen MR) is 83.2 cm³/mol. The van der Waals surface area contributed by atoms with Crippen molar-refractivity contribution in [2.45, 2.75) is 27.3 Å². The summed E-state index contributed by atoms with van der Waals surface area (Å²) in [6, 6.07) is 3.67. The second-order valence-corrected chi connectivity index (χ2v) is 5.95. The van der Waals surface area contributed by atoms with Crippen molar-refractivity contribution in [3.05, 3.63) is 28.2 Å². The molecule has 5 nitrogen and oxygen atoms in total. The van der Waals surface area contributed by atoms with E-state index in [1.165, 1.54) is 4.88 Å². The van der Waals surface area contributed by atoms with Crippen LogP contribution in [-0.4, -0.2) is 16.6 Å². The van der Waals surface area contributed by atoms with Crippen molar-refractivity contribution < 1.29 is 4.74 Å². The van der Waals surface area contributed by atoms with Crippen LogP contribution in [0.15, 0.2) is 17.6 Å². The zero-order chi connectivity index (χ0) is 14.5. The van der Waals surface area contributed by atoms with E-state index in [1.54, 1.807) is 11.3 Å². The van der Waals surface area contributed by atoms with E-state index in [4.69, 9.17) is 10.5 Å². The summed E-state index contributed by atoms with van der Waals surface area (Å²) in [5.74, 6) is 1.68. The number of pyridine rings is 1. The molecule has 3 N–H and O–H groups in total. The molecule has 0 bridgehead atoms. The van der Waals surface area contributed by atoms with E-state index < -0.39 is 0 Å². The minimum absolute atomic E-state index is 0.438. The van der Waals surface area contributed by atoms with Crippen molar-refractivity contribution in [1.29, 1.82) is 0 Å². The van der Waals surface area contributed by atoms with Crippen LogP contribution in [0.2, 0.25) is 0 Å². The molecule has 0 unspecified atom stereocenters. The molecular weight excluding hydrogens is 272 g/mol. The van der Waals surface area contributed by atoms with Gasteiger partial charge >= 0.3 is 0 Å². The normalized spacial score (nSPS) is 10.8. The van der Waals surface area contributed by atoms with Crippen LogP contribution in [0.25, 0.3) is 0 Å². The third-order valence-electron chi connectivity index (χ3n) is 2.72. The minimum Gasteiger partial charge on any atom is -0.476 e. The number of aromatic nitrogens is 2. The zero-order valence-electron chi connectivity index (χ0n) is 12.0. The molecular formula is C14H20N4OS. The summed E-state index contributed by atoms with van der Waals surface area (Å²) in [6.07, 6.45) is 0. The summed E-state index contributed by atoms with van der Waals surface area (Å²) in [5.41, 5.74) is 9.33. The van der Waals surface area contributed by atoms with Gasteiger partial charge in [0.1, 0.15) is 5.82 Å². The Bertz CT molecular complexity index is 568. The van der Waals surface area contributed by atoms with Gasteiger partial charge in [0.25, 0.3) is 0 Å². The lowest BCUT2D eigenvalue weighted by Gasteiger charge is -2.12. The molecule has 0 radical (unpaired) electrons. The molecule has 2 aromatic heterocycles. The van der Waals surface area contributed by atoms with Gasteiger partial charge in [0, 0.05) is 4.88 Å². The van der Waals surface area contributed by atoms with E-state index in [2.05, 4.69) is 29.1 Å². The number of nitrogen functional groups attached to an aromatic ring is 1. The monoisotopic (exact) mass is 292 g/mol. The molecule has 0 aliphatic rings. The number of rotatable bonds is 6. The predicted octanol–water partition coefficient (Wildman–Crippen LogP) is 3.08. The molecule has 0 fully saturated rings. The highest BCUT2D eigenvalue weighted by molar-refractivity contribution is 7.09. The van der Waals surface area contributed by atoms with Gasteiger partial charge in [-0.3, -0.25) is 0 Å². The van der Waals surface area contributed by atoms with E-state index in [0.29, 0.717) is 30.6 Å². The first kappa shape index (κ1) is 14.6. The molecule has 2 heterocycles. The molecule has 0 amide bonds. The lowest BCUT2D eigenvalue weighted by Crippen LogP contribution is -2.09. The molecule has 0 spiro atoms. The van der Waals surface area contributed by atoms with E-state index in [0.717, 1.165) is 11.5 Å². The van der Waals surface area contributed by atoms with Crippen molar-refractivity contribution in [3.8, 4) is 5.88 Å². The lowest BCUT2D eigenvalue weighted by molar-refractivity contribution is 0.263. The quantitative estimate of drug-likeness (QED) is 0.856. The van der Waals surface area contributed by atoms with Gasteiger partial charge in [-0.25, -0.2) is 4.98 Å². The van der Waals surface area contributed by atoms with Gasteiger partial charge < -0.3 is 15.8 Å². The number of thiazole rings is 1. The van der Waals surface area contributed by atoms with Crippen molar-refractivity contribution in [3.63, 3.8) is 0 Å². The van der Waals surface area contributed by atoms with Crippen LogP contribution in [0.5, 0.6) is 5.88 Å². The van der Waals surface area contributed by atoms with Crippen molar-refractivity contribution in [2.24, 2.45) is 5.92 Å². The first-order valence-electron chi connectivity index (χ1n) is 6.58. The SMILES string of the molecule is Cc1ncsc1CNc1ccc(N)c(OCC(C)C)n1. The molecule has 0 aliphatic heterocycles. The summed E-state index contributed by atoms with van der Waals surface area (Å²) >= 11 is 1.63. The number of nitrogens with one attached hydrogen (secondary N) is 1. The molecule has 6 heteroatoms. The number of aryl methyl sites for hydroxylation is 1. The number of ether oxygens (including phenoxy) is 1. The Hall–Kier alpha value is -1.82. The smallest absolute Gasteiger partial charge is 0.239 e. The van der Waals surface area contributed by atoms with Gasteiger partial charge in [0.15, 0.2) is 0 Å². The Kier molecular flexibility index (Phi) is 4.79. The Morgan fingerprint density at radius 1 is 1.40 bits per heavy atom. The average molecular weight is 292 g/mol. The Balaban J connectivity index is 2.01. The summed E-state index contributed by atoms with van der Waals surface area (Å²) < 4.78 is 5.61. The second-order valence-electron chi connectivity index (χ2n) is 5.01. The molecule has 0 atom stereocenters. The van der Waals surface area contributed by atoms with Gasteiger partial charge in [-0.2, -0.15) is 4.98 Å². The van der Waals surface area contributed by atoms with Gasteiger partial charge in [-0.15, -0.1) is 11.3 Å². The summed E-state index contributed by atoms with van der Waals surface area (Å²) in [7, 11) is 0. The minimum atomic E-state index is 0.438. The van der Waals surface area contributed by atoms with Gasteiger partial charge in [0.05, 0.1) is 30.0 Å². The van der Waals surface area contributed by atoms with Crippen LogP contribution in [0, 0.1) is 12.8 Å². The maximum Gasteiger partial charge on any atom is 0.239 e. The highest BCUT2D eigenvalue weighted by Crippen LogP contribution is 2.22. The van der Waals surface area contributed by atoms with Crippen LogP contribution in [0.4, 0.5) is 11.5 Å². The first-order valence-corrected chi connectivity index (χ1v) is 7.46. The van der Waals surface area contributed by atoms with Crippen LogP contribution >= 0.6 is 11.3 Å². The first-order chi connectivity index (χ1) is 9.56. The average Bonchev–Trinajstić information content (AvgIpc) is 2.81. The highest BCUT2D eigenvalue weighted by Gasteiger charge is 2.07. The maximum absolute atomic E-state index is 5.87. The number of hydrogen-bond donors (Lipinski definition) is 2. The molecule has 2 rings (SSSR count). The Morgan fingerprint density at radius 3 is 2.85 bits per heavy atom. The summed E-state index contributed by atoms with van der Waals surface area (Å²) in [4.78, 5) is 9.82. The van der Waals surface area contributed by atoms with E-state index in [1.807, 2.05) is 24.6 Å². The standard InChI is InChI=1S/C14H20N4OS/c1-9(2)7-19-14-11(15)4-5-13(18-14)16-6-12-10(3)17-8-20-12/h4-5,8-9H,6-7,15H2,1-3H3,(H,16,18). The van der Waals surface area contributed by atoms with E-state index >= 15 is 0 Å². The number of nitrogens with zero attached hydrogens (tertiary/aromatic N) is 2. The number of nitrogens with two attached hydrogens (primary N) is 1. The lowest BCUT2D eigenvalue weighted by atomic mass is 10.2. The van der Waals surface area contributed by atoms with Gasteiger partial charge in [0.2, 0.25) is 5.88 Å². The van der Waals surface area contributed by atoms with E-state index in [9.17, 15) is 0 Å². The number of anilines is 2. The topological polar surface area (TPSA) is 73.1 Å². The maximum atomic E-state index is 5.87. The zero-order valence-corrected chi connectivity index (χ0v) is 12.8. The largest absolute Gasteiger partial charge is 0.476 e. The van der Waals surface area contributed by atoms with Gasteiger partial charge in [-0.05, 0) is 25.0 Å². The number of hydrogen-bond acceptors (Lipinski definition) is 6. The molecule has 2 aromatic rings. The molecule has 0 aromatic carbocycles. The third-order valence-corrected chi connectivity index (χ3v) is 3.65. The van der Waals surface area contributed by atoms with Crippen molar-refractivity contribution >= 4 is 22.8 Å². The van der Waals surface area contributed by atoms with Crippen LogP contribution in [0.3, 0.4) is 0 Å². The van der Waals surface area contributed by atoms with Crippen molar-refractivity contribution in [2.75, 3.05) is 17.7 Å². The van der Waals surface area contributed by atoms with Crippen LogP contribution in [-0.2, 0) is 6.54 Å². The summed E-state index contributed by atoms with van der Waals surface area (Å²) in [5, 5.41) is 3.27. The van der Waals surface area contributed by atoms with Gasteiger partial charge in [-0.1, -0.05) is 13.8 Å². The molecule has 20 heavy (non-hydrogen) atoms. The molecule has 0 saturated carbocycles. The second kappa shape index (κ2) is 6.56.